The van der Waals surface area contributed by atoms with Gasteiger partial charge in [-0.2, -0.15) is 5.10 Å². The van der Waals surface area contributed by atoms with Crippen LogP contribution < -0.4 is 9.47 Å². The van der Waals surface area contributed by atoms with Gasteiger partial charge in [0.25, 0.3) is 0 Å². The standard InChI is InChI=1S/C30H23ClN2O3/c1-19-6-8-20(9-7-19)26-18-27-25-4-2-3-5-28(25)36-29(33(27)32-26)21-12-16-24(17-13-21)35-30(34)22-10-14-23(31)15-11-22/h2-17,27,29H,18H2,1H3/t27-,29-/m0/s1. The van der Waals surface area contributed by atoms with Crippen molar-refractivity contribution in [2.75, 3.05) is 0 Å². The molecule has 2 atom stereocenters. The highest BCUT2D eigenvalue weighted by atomic mass is 35.5. The molecule has 6 rings (SSSR count). The molecular weight excluding hydrogens is 472 g/mol. The molecule has 178 valence electrons. The number of fused-ring (bicyclic) bond motifs is 3. The summed E-state index contributed by atoms with van der Waals surface area (Å²) in [6, 6.07) is 30.7. The first-order chi connectivity index (χ1) is 17.5. The molecule has 0 aliphatic carbocycles. The monoisotopic (exact) mass is 494 g/mol. The summed E-state index contributed by atoms with van der Waals surface area (Å²) in [7, 11) is 0. The van der Waals surface area contributed by atoms with Gasteiger partial charge in [-0.1, -0.05) is 59.6 Å². The summed E-state index contributed by atoms with van der Waals surface area (Å²) >= 11 is 5.91. The van der Waals surface area contributed by atoms with Crippen LogP contribution in [0, 0.1) is 6.92 Å². The lowest BCUT2D eigenvalue weighted by molar-refractivity contribution is -0.0190. The average molecular weight is 495 g/mol. The van der Waals surface area contributed by atoms with Crippen molar-refractivity contribution in [1.29, 1.82) is 0 Å². The molecule has 5 nitrogen and oxygen atoms in total. The van der Waals surface area contributed by atoms with Gasteiger partial charge in [0.15, 0.2) is 0 Å². The maximum Gasteiger partial charge on any atom is 0.343 e. The molecule has 6 heteroatoms. The zero-order valence-electron chi connectivity index (χ0n) is 19.6. The zero-order chi connectivity index (χ0) is 24.6. The Hall–Kier alpha value is -4.09. The number of benzene rings is 4. The van der Waals surface area contributed by atoms with Crippen LogP contribution in [0.2, 0.25) is 5.02 Å². The summed E-state index contributed by atoms with van der Waals surface area (Å²) in [4.78, 5) is 12.5. The van der Waals surface area contributed by atoms with Gasteiger partial charge in [-0.25, -0.2) is 9.80 Å². The Bertz CT molecular complexity index is 1450. The normalized spacial score (nSPS) is 18.1. The minimum atomic E-state index is -0.436. The molecule has 4 aromatic carbocycles. The smallest absolute Gasteiger partial charge is 0.343 e. The lowest BCUT2D eigenvalue weighted by Crippen LogP contribution is -2.33. The van der Waals surface area contributed by atoms with Crippen LogP contribution in [0.5, 0.6) is 11.5 Å². The first kappa shape index (κ1) is 22.4. The van der Waals surface area contributed by atoms with Crippen LogP contribution in [-0.2, 0) is 0 Å². The first-order valence-electron chi connectivity index (χ1n) is 11.8. The maximum atomic E-state index is 12.5. The summed E-state index contributed by atoms with van der Waals surface area (Å²) in [6.45, 7) is 2.08. The fourth-order valence-corrected chi connectivity index (χ4v) is 4.75. The van der Waals surface area contributed by atoms with E-state index >= 15 is 0 Å². The van der Waals surface area contributed by atoms with Crippen LogP contribution in [0.3, 0.4) is 0 Å². The molecule has 0 bridgehead atoms. The van der Waals surface area contributed by atoms with Gasteiger partial charge in [-0.3, -0.25) is 0 Å². The van der Waals surface area contributed by atoms with Gasteiger partial charge >= 0.3 is 5.97 Å². The van der Waals surface area contributed by atoms with E-state index in [1.807, 2.05) is 35.3 Å². The molecule has 0 unspecified atom stereocenters. The van der Waals surface area contributed by atoms with Crippen LogP contribution in [0.1, 0.15) is 51.3 Å². The van der Waals surface area contributed by atoms with E-state index in [2.05, 4.69) is 37.3 Å². The number of aryl methyl sites for hydroxylation is 1. The summed E-state index contributed by atoms with van der Waals surface area (Å²) in [5.74, 6) is 0.883. The predicted molar refractivity (Wildman–Crippen MR) is 140 cm³/mol. The van der Waals surface area contributed by atoms with E-state index in [0.29, 0.717) is 16.3 Å². The highest BCUT2D eigenvalue weighted by Gasteiger charge is 2.40. The van der Waals surface area contributed by atoms with E-state index in [4.69, 9.17) is 26.2 Å². The zero-order valence-corrected chi connectivity index (χ0v) is 20.4. The third-order valence-electron chi connectivity index (χ3n) is 6.54. The fourth-order valence-electron chi connectivity index (χ4n) is 4.63. The van der Waals surface area contributed by atoms with E-state index in [0.717, 1.165) is 34.6 Å². The predicted octanol–water partition coefficient (Wildman–Crippen LogP) is 7.11. The number of hydrogen-bond acceptors (Lipinski definition) is 5. The van der Waals surface area contributed by atoms with Crippen molar-refractivity contribution < 1.29 is 14.3 Å². The van der Waals surface area contributed by atoms with Crippen molar-refractivity contribution in [2.45, 2.75) is 25.6 Å². The number of hydrogen-bond donors (Lipinski definition) is 0. The fraction of sp³-hybridized carbons (Fsp3) is 0.133. The number of carbonyl (C=O) groups excluding carboxylic acids is 1. The molecular formula is C30H23ClN2O3. The molecule has 2 aliphatic rings. The summed E-state index contributed by atoms with van der Waals surface area (Å²) < 4.78 is 12.0. The van der Waals surface area contributed by atoms with E-state index in [1.54, 1.807) is 36.4 Å². The van der Waals surface area contributed by atoms with Gasteiger partial charge in [0.1, 0.15) is 11.5 Å². The molecule has 0 saturated carbocycles. The van der Waals surface area contributed by atoms with Crippen molar-refractivity contribution in [1.82, 2.24) is 5.01 Å². The topological polar surface area (TPSA) is 51.1 Å². The minimum absolute atomic E-state index is 0.0821. The van der Waals surface area contributed by atoms with Gasteiger partial charge in [0, 0.05) is 22.6 Å². The quantitative estimate of drug-likeness (QED) is 0.224. The maximum absolute atomic E-state index is 12.5. The van der Waals surface area contributed by atoms with E-state index in [-0.39, 0.29) is 6.04 Å². The van der Waals surface area contributed by atoms with E-state index in [1.165, 1.54) is 5.56 Å². The Kier molecular flexibility index (Phi) is 5.70. The van der Waals surface area contributed by atoms with Crippen molar-refractivity contribution in [2.24, 2.45) is 5.10 Å². The summed E-state index contributed by atoms with van der Waals surface area (Å²) in [6.07, 6.45) is 0.408. The molecule has 2 aliphatic heterocycles. The number of halogens is 1. The second-order valence-electron chi connectivity index (χ2n) is 8.99. The number of rotatable bonds is 4. The molecule has 0 fully saturated rings. The molecule has 0 amide bonds. The Labute approximate surface area is 214 Å². The Morgan fingerprint density at radius 1 is 0.944 bits per heavy atom. The number of carbonyl (C=O) groups is 1. The van der Waals surface area contributed by atoms with Gasteiger partial charge in [0.05, 0.1) is 17.3 Å². The summed E-state index contributed by atoms with van der Waals surface area (Å²) in [5, 5.41) is 7.63. The van der Waals surface area contributed by atoms with Gasteiger partial charge in [-0.05, 0) is 67.1 Å². The third-order valence-corrected chi connectivity index (χ3v) is 6.79. The molecule has 4 aromatic rings. The van der Waals surface area contributed by atoms with Crippen LogP contribution in [0.15, 0.2) is 102 Å². The number of ether oxygens (including phenoxy) is 2. The first-order valence-corrected chi connectivity index (χ1v) is 12.2. The van der Waals surface area contributed by atoms with Crippen molar-refractivity contribution in [3.05, 3.63) is 130 Å². The van der Waals surface area contributed by atoms with Crippen molar-refractivity contribution in [3.63, 3.8) is 0 Å². The second kappa shape index (κ2) is 9.17. The van der Waals surface area contributed by atoms with Crippen LogP contribution >= 0.6 is 11.6 Å². The Morgan fingerprint density at radius 2 is 1.67 bits per heavy atom. The minimum Gasteiger partial charge on any atom is -0.464 e. The second-order valence-corrected chi connectivity index (χ2v) is 9.42. The highest BCUT2D eigenvalue weighted by molar-refractivity contribution is 6.30. The lowest BCUT2D eigenvalue weighted by Gasteiger charge is -2.38. The SMILES string of the molecule is Cc1ccc(C2=NN3[C@@H](C2)c2ccccc2O[C@H]3c2ccc(OC(=O)c3ccc(Cl)cc3)cc2)cc1. The van der Waals surface area contributed by atoms with Gasteiger partial charge in [0.2, 0.25) is 6.23 Å². The molecule has 0 aromatic heterocycles. The molecule has 0 saturated heterocycles. The van der Waals surface area contributed by atoms with Crippen molar-refractivity contribution >= 4 is 23.3 Å². The Morgan fingerprint density at radius 3 is 2.42 bits per heavy atom. The van der Waals surface area contributed by atoms with E-state index < -0.39 is 12.2 Å². The largest absolute Gasteiger partial charge is 0.464 e. The lowest BCUT2D eigenvalue weighted by atomic mass is 9.95. The highest BCUT2D eigenvalue weighted by Crippen LogP contribution is 2.47. The molecule has 2 heterocycles. The van der Waals surface area contributed by atoms with E-state index in [9.17, 15) is 4.79 Å². The van der Waals surface area contributed by atoms with Crippen LogP contribution in [0.4, 0.5) is 0 Å². The molecule has 0 N–H and O–H groups in total. The number of para-hydroxylation sites is 1. The number of nitrogens with zero attached hydrogens (tertiary/aromatic N) is 2. The van der Waals surface area contributed by atoms with Crippen LogP contribution in [-0.4, -0.2) is 16.7 Å². The van der Waals surface area contributed by atoms with Gasteiger partial charge < -0.3 is 9.47 Å². The molecule has 36 heavy (non-hydrogen) atoms. The number of hydrazone groups is 1. The Balaban J connectivity index is 1.28. The number of esters is 1. The van der Waals surface area contributed by atoms with Crippen LogP contribution in [0.25, 0.3) is 0 Å². The van der Waals surface area contributed by atoms with Crippen molar-refractivity contribution in [3.8, 4) is 11.5 Å². The third kappa shape index (κ3) is 4.23. The molecule has 0 radical (unpaired) electrons. The van der Waals surface area contributed by atoms with Gasteiger partial charge in [-0.15, -0.1) is 0 Å². The molecule has 0 spiro atoms. The summed E-state index contributed by atoms with van der Waals surface area (Å²) in [5.41, 5.74) is 5.88. The average Bonchev–Trinajstić information content (AvgIpc) is 3.35.